The number of nitrogens with zero attached hydrogens (tertiary/aromatic N) is 2. The molecule has 124 valence electrons. The molecule has 6 heteroatoms. The van der Waals surface area contributed by atoms with E-state index in [0.29, 0.717) is 36.3 Å². The second-order valence-corrected chi connectivity index (χ2v) is 6.72. The Hall–Kier alpha value is -1.59. The van der Waals surface area contributed by atoms with Crippen LogP contribution in [0.15, 0.2) is 24.3 Å². The van der Waals surface area contributed by atoms with Gasteiger partial charge in [-0.25, -0.2) is 0 Å². The minimum absolute atomic E-state index is 0.0456. The molecular formula is C17H21ClN2O3. The molecule has 1 aromatic carbocycles. The molecule has 2 saturated heterocycles. The van der Waals surface area contributed by atoms with E-state index in [1.54, 1.807) is 17.0 Å². The fourth-order valence-electron chi connectivity index (χ4n) is 3.37. The normalized spacial score (nSPS) is 22.7. The van der Waals surface area contributed by atoms with Crippen LogP contribution in [0, 0.1) is 11.8 Å². The van der Waals surface area contributed by atoms with Crippen LogP contribution in [-0.2, 0) is 9.59 Å². The molecule has 0 aromatic heterocycles. The Morgan fingerprint density at radius 2 is 1.96 bits per heavy atom. The standard InChI is InChI=1S/C17H21ClN2O3/c18-14-3-1-2-4-15(14)20-10-13(9-16(20)22)17(23)19-7-5-12(11-21)6-8-19/h1-4,12-13,21H,5-11H2. The first-order valence-electron chi connectivity index (χ1n) is 8.04. The highest BCUT2D eigenvalue weighted by Crippen LogP contribution is 2.32. The van der Waals surface area contributed by atoms with E-state index in [-0.39, 0.29) is 30.8 Å². The largest absolute Gasteiger partial charge is 0.396 e. The molecule has 5 nitrogen and oxygen atoms in total. The van der Waals surface area contributed by atoms with Crippen molar-refractivity contribution in [2.75, 3.05) is 31.1 Å². The van der Waals surface area contributed by atoms with Gasteiger partial charge in [0, 0.05) is 32.7 Å². The Balaban J connectivity index is 1.66. The molecule has 1 N–H and O–H groups in total. The fourth-order valence-corrected chi connectivity index (χ4v) is 3.61. The number of piperidine rings is 1. The maximum atomic E-state index is 12.7. The third-order valence-electron chi connectivity index (χ3n) is 4.80. The van der Waals surface area contributed by atoms with Crippen molar-refractivity contribution in [3.05, 3.63) is 29.3 Å². The molecule has 2 aliphatic rings. The second-order valence-electron chi connectivity index (χ2n) is 6.31. The van der Waals surface area contributed by atoms with Crippen molar-refractivity contribution in [3.8, 4) is 0 Å². The zero-order valence-corrected chi connectivity index (χ0v) is 13.7. The van der Waals surface area contributed by atoms with Crippen molar-refractivity contribution in [2.45, 2.75) is 19.3 Å². The summed E-state index contributed by atoms with van der Waals surface area (Å²) >= 11 is 6.16. The van der Waals surface area contributed by atoms with Crippen LogP contribution in [0.4, 0.5) is 5.69 Å². The molecule has 2 amide bonds. The van der Waals surface area contributed by atoms with Crippen molar-refractivity contribution in [3.63, 3.8) is 0 Å². The number of halogens is 1. The quantitative estimate of drug-likeness (QED) is 0.917. The van der Waals surface area contributed by atoms with Crippen LogP contribution >= 0.6 is 11.6 Å². The Labute approximate surface area is 140 Å². The Bertz CT molecular complexity index is 599. The molecule has 0 radical (unpaired) electrons. The smallest absolute Gasteiger partial charge is 0.228 e. The summed E-state index contributed by atoms with van der Waals surface area (Å²) in [6.45, 7) is 1.91. The number of para-hydroxylation sites is 1. The Morgan fingerprint density at radius 1 is 1.26 bits per heavy atom. The topological polar surface area (TPSA) is 60.9 Å². The first-order chi connectivity index (χ1) is 11.1. The van der Waals surface area contributed by atoms with E-state index < -0.39 is 0 Å². The SMILES string of the molecule is O=C(C1CC(=O)N(c2ccccc2Cl)C1)N1CCC(CO)CC1. The number of aliphatic hydroxyl groups excluding tert-OH is 1. The van der Waals surface area contributed by atoms with Gasteiger partial charge in [0.05, 0.1) is 16.6 Å². The molecule has 0 saturated carbocycles. The molecular weight excluding hydrogens is 316 g/mol. The van der Waals surface area contributed by atoms with Crippen LogP contribution in [-0.4, -0.2) is 48.1 Å². The molecule has 0 spiro atoms. The van der Waals surface area contributed by atoms with Gasteiger partial charge in [-0.3, -0.25) is 9.59 Å². The average Bonchev–Trinajstić information content (AvgIpc) is 2.96. The number of likely N-dealkylation sites (tertiary alicyclic amines) is 1. The molecule has 3 rings (SSSR count). The number of carbonyl (C=O) groups excluding carboxylic acids is 2. The van der Waals surface area contributed by atoms with Gasteiger partial charge in [-0.2, -0.15) is 0 Å². The minimum Gasteiger partial charge on any atom is -0.396 e. The van der Waals surface area contributed by atoms with Gasteiger partial charge in [-0.15, -0.1) is 0 Å². The lowest BCUT2D eigenvalue weighted by Gasteiger charge is -2.32. The lowest BCUT2D eigenvalue weighted by Crippen LogP contribution is -2.43. The maximum absolute atomic E-state index is 12.7. The number of aliphatic hydroxyl groups is 1. The van der Waals surface area contributed by atoms with Gasteiger partial charge in [0.1, 0.15) is 0 Å². The summed E-state index contributed by atoms with van der Waals surface area (Å²) in [6.07, 6.45) is 1.90. The molecule has 0 bridgehead atoms. The summed E-state index contributed by atoms with van der Waals surface area (Å²) in [5.41, 5.74) is 0.674. The van der Waals surface area contributed by atoms with Crippen molar-refractivity contribution >= 4 is 29.1 Å². The average molecular weight is 337 g/mol. The van der Waals surface area contributed by atoms with Gasteiger partial charge >= 0.3 is 0 Å². The number of rotatable bonds is 3. The fraction of sp³-hybridized carbons (Fsp3) is 0.529. The van der Waals surface area contributed by atoms with Gasteiger partial charge < -0.3 is 14.9 Å². The highest BCUT2D eigenvalue weighted by atomic mass is 35.5. The number of hydrogen-bond acceptors (Lipinski definition) is 3. The number of anilines is 1. The van der Waals surface area contributed by atoms with Crippen molar-refractivity contribution in [2.24, 2.45) is 11.8 Å². The van der Waals surface area contributed by atoms with Crippen molar-refractivity contribution in [1.29, 1.82) is 0 Å². The minimum atomic E-state index is -0.301. The lowest BCUT2D eigenvalue weighted by atomic mass is 9.96. The van der Waals surface area contributed by atoms with Crippen LogP contribution in [0.1, 0.15) is 19.3 Å². The molecule has 2 heterocycles. The summed E-state index contributed by atoms with van der Waals surface area (Å²) in [6, 6.07) is 7.21. The zero-order valence-electron chi connectivity index (χ0n) is 12.9. The third kappa shape index (κ3) is 3.35. The van der Waals surface area contributed by atoms with E-state index in [9.17, 15) is 14.7 Å². The van der Waals surface area contributed by atoms with Crippen molar-refractivity contribution < 1.29 is 14.7 Å². The molecule has 2 fully saturated rings. The molecule has 23 heavy (non-hydrogen) atoms. The Morgan fingerprint density at radius 3 is 2.61 bits per heavy atom. The summed E-state index contributed by atoms with van der Waals surface area (Å²) in [5, 5.41) is 9.71. The first kappa shape index (κ1) is 16.3. The Kier molecular flexibility index (Phi) is 4.87. The van der Waals surface area contributed by atoms with Crippen molar-refractivity contribution in [1.82, 2.24) is 4.90 Å². The summed E-state index contributed by atoms with van der Waals surface area (Å²) in [4.78, 5) is 28.4. The summed E-state index contributed by atoms with van der Waals surface area (Å²) in [5.74, 6) is -0.0145. The summed E-state index contributed by atoms with van der Waals surface area (Å²) < 4.78 is 0. The number of benzene rings is 1. The molecule has 0 aliphatic carbocycles. The van der Waals surface area contributed by atoms with E-state index in [1.165, 1.54) is 0 Å². The van der Waals surface area contributed by atoms with Gasteiger partial charge in [0.15, 0.2) is 0 Å². The van der Waals surface area contributed by atoms with Crippen LogP contribution in [0.25, 0.3) is 0 Å². The third-order valence-corrected chi connectivity index (χ3v) is 5.12. The van der Waals surface area contributed by atoms with E-state index in [1.807, 2.05) is 17.0 Å². The monoisotopic (exact) mass is 336 g/mol. The molecule has 1 aromatic rings. The first-order valence-corrected chi connectivity index (χ1v) is 8.42. The predicted octanol–water partition coefficient (Wildman–Crippen LogP) is 1.92. The number of amides is 2. The lowest BCUT2D eigenvalue weighted by molar-refractivity contribution is -0.137. The van der Waals surface area contributed by atoms with Crippen LogP contribution in [0.2, 0.25) is 5.02 Å². The molecule has 1 unspecified atom stereocenters. The van der Waals surface area contributed by atoms with Crippen LogP contribution in [0.3, 0.4) is 0 Å². The van der Waals surface area contributed by atoms with Gasteiger partial charge in [-0.05, 0) is 30.9 Å². The highest BCUT2D eigenvalue weighted by Gasteiger charge is 2.38. The van der Waals surface area contributed by atoms with E-state index >= 15 is 0 Å². The zero-order chi connectivity index (χ0) is 16.4. The van der Waals surface area contributed by atoms with Gasteiger partial charge in [0.2, 0.25) is 11.8 Å². The number of carbonyl (C=O) groups is 2. The summed E-state index contributed by atoms with van der Waals surface area (Å²) in [7, 11) is 0. The number of hydrogen-bond donors (Lipinski definition) is 1. The van der Waals surface area contributed by atoms with Gasteiger partial charge in [0.25, 0.3) is 0 Å². The van der Waals surface area contributed by atoms with E-state index in [4.69, 9.17) is 11.6 Å². The predicted molar refractivity (Wildman–Crippen MR) is 88.3 cm³/mol. The molecule has 1 atom stereocenters. The van der Waals surface area contributed by atoms with Crippen LogP contribution < -0.4 is 4.90 Å². The maximum Gasteiger partial charge on any atom is 0.228 e. The molecule has 2 aliphatic heterocycles. The van der Waals surface area contributed by atoms with E-state index in [2.05, 4.69) is 0 Å². The second kappa shape index (κ2) is 6.89. The van der Waals surface area contributed by atoms with Crippen LogP contribution in [0.5, 0.6) is 0 Å². The van der Waals surface area contributed by atoms with Gasteiger partial charge in [-0.1, -0.05) is 23.7 Å². The highest BCUT2D eigenvalue weighted by molar-refractivity contribution is 6.33. The van der Waals surface area contributed by atoms with E-state index in [0.717, 1.165) is 12.8 Å².